The molecular weight excluding hydrogens is 290 g/mol. The van der Waals surface area contributed by atoms with Crippen LogP contribution in [0.2, 0.25) is 0 Å². The van der Waals surface area contributed by atoms with E-state index < -0.39 is 0 Å². The number of carbonyl (C=O) groups is 1. The Hall–Kier alpha value is -1.98. The largest absolute Gasteiger partial charge is 0.353 e. The number of aromatic nitrogens is 4. The summed E-state index contributed by atoms with van der Waals surface area (Å²) in [6.07, 6.45) is 10.0. The van der Waals surface area contributed by atoms with Crippen molar-refractivity contribution in [3.63, 3.8) is 0 Å². The van der Waals surface area contributed by atoms with E-state index in [1.807, 2.05) is 13.8 Å². The van der Waals surface area contributed by atoms with Gasteiger partial charge in [-0.15, -0.1) is 0 Å². The number of carbonyl (C=O) groups excluding carboxylic acids is 1. The summed E-state index contributed by atoms with van der Waals surface area (Å²) in [5.41, 5.74) is 3.05. The molecule has 2 aromatic heterocycles. The highest BCUT2D eigenvalue weighted by atomic mass is 16.1. The van der Waals surface area contributed by atoms with Crippen molar-refractivity contribution in [3.8, 4) is 0 Å². The Morgan fingerprint density at radius 1 is 1.26 bits per heavy atom. The first kappa shape index (κ1) is 15.9. The van der Waals surface area contributed by atoms with Gasteiger partial charge in [-0.3, -0.25) is 4.79 Å². The highest BCUT2D eigenvalue weighted by Gasteiger charge is 2.16. The van der Waals surface area contributed by atoms with Gasteiger partial charge >= 0.3 is 0 Å². The van der Waals surface area contributed by atoms with E-state index in [1.165, 1.54) is 32.0 Å². The van der Waals surface area contributed by atoms with Crippen LogP contribution in [-0.2, 0) is 11.2 Å². The Labute approximate surface area is 136 Å². The number of hydrogen-bond acceptors (Lipinski definition) is 4. The van der Waals surface area contributed by atoms with Gasteiger partial charge in [0.15, 0.2) is 0 Å². The molecule has 1 aliphatic carbocycles. The molecule has 0 aliphatic heterocycles. The van der Waals surface area contributed by atoms with Crippen molar-refractivity contribution in [1.29, 1.82) is 0 Å². The van der Waals surface area contributed by atoms with Crippen molar-refractivity contribution in [2.24, 2.45) is 0 Å². The third-order valence-electron chi connectivity index (χ3n) is 4.81. The Kier molecular flexibility index (Phi) is 4.88. The van der Waals surface area contributed by atoms with Crippen LogP contribution in [0.1, 0.15) is 61.9 Å². The van der Waals surface area contributed by atoms with Gasteiger partial charge in [0.05, 0.1) is 0 Å². The standard InChI is InChI=1S/C17H25N5O/c1-12-15(13(2)22-17(20-12)18-11-19-22)9-10-16(23)21-14-7-5-3-4-6-8-14/h11,14H,3-10H2,1-2H3,(H,21,23). The minimum Gasteiger partial charge on any atom is -0.353 e. The molecule has 3 rings (SSSR count). The molecule has 1 amide bonds. The zero-order chi connectivity index (χ0) is 16.2. The summed E-state index contributed by atoms with van der Waals surface area (Å²) in [5, 5.41) is 7.40. The molecule has 124 valence electrons. The second-order valence-corrected chi connectivity index (χ2v) is 6.49. The molecule has 1 aliphatic rings. The Morgan fingerprint density at radius 3 is 2.74 bits per heavy atom. The Bertz CT molecular complexity index is 686. The molecular formula is C17H25N5O. The first-order valence-corrected chi connectivity index (χ1v) is 8.60. The fourth-order valence-corrected chi connectivity index (χ4v) is 3.48. The van der Waals surface area contributed by atoms with E-state index in [9.17, 15) is 4.79 Å². The van der Waals surface area contributed by atoms with E-state index in [2.05, 4.69) is 20.4 Å². The normalized spacial score (nSPS) is 16.4. The molecule has 1 N–H and O–H groups in total. The average Bonchev–Trinajstić information content (AvgIpc) is 2.83. The average molecular weight is 315 g/mol. The molecule has 2 aromatic rings. The quantitative estimate of drug-likeness (QED) is 0.880. The lowest BCUT2D eigenvalue weighted by atomic mass is 10.1. The molecule has 0 bridgehead atoms. The first-order valence-electron chi connectivity index (χ1n) is 8.60. The van der Waals surface area contributed by atoms with E-state index >= 15 is 0 Å². The summed E-state index contributed by atoms with van der Waals surface area (Å²) in [6.45, 7) is 3.98. The smallest absolute Gasteiger partial charge is 0.252 e. The van der Waals surface area contributed by atoms with E-state index in [0.717, 1.165) is 29.8 Å². The summed E-state index contributed by atoms with van der Waals surface area (Å²) < 4.78 is 1.74. The minimum absolute atomic E-state index is 0.148. The molecule has 0 atom stereocenters. The number of nitrogens with one attached hydrogen (secondary N) is 1. The highest BCUT2D eigenvalue weighted by Crippen LogP contribution is 2.18. The van der Waals surface area contributed by atoms with Crippen LogP contribution in [0, 0.1) is 13.8 Å². The number of amides is 1. The van der Waals surface area contributed by atoms with Crippen LogP contribution in [0.3, 0.4) is 0 Å². The van der Waals surface area contributed by atoms with Gasteiger partial charge in [0.25, 0.3) is 5.78 Å². The van der Waals surface area contributed by atoms with Gasteiger partial charge in [-0.2, -0.15) is 10.1 Å². The molecule has 0 spiro atoms. The van der Waals surface area contributed by atoms with Crippen LogP contribution in [0.5, 0.6) is 0 Å². The molecule has 2 heterocycles. The van der Waals surface area contributed by atoms with E-state index in [-0.39, 0.29) is 5.91 Å². The van der Waals surface area contributed by atoms with Gasteiger partial charge < -0.3 is 5.32 Å². The molecule has 0 aromatic carbocycles. The number of aryl methyl sites for hydroxylation is 2. The molecule has 1 fully saturated rings. The second-order valence-electron chi connectivity index (χ2n) is 6.49. The van der Waals surface area contributed by atoms with E-state index in [4.69, 9.17) is 0 Å². The first-order chi connectivity index (χ1) is 11.1. The molecule has 0 saturated heterocycles. The minimum atomic E-state index is 0.148. The summed E-state index contributed by atoms with van der Waals surface area (Å²) in [5.74, 6) is 0.765. The highest BCUT2D eigenvalue weighted by molar-refractivity contribution is 5.76. The maximum Gasteiger partial charge on any atom is 0.252 e. The van der Waals surface area contributed by atoms with Gasteiger partial charge in [-0.05, 0) is 38.7 Å². The van der Waals surface area contributed by atoms with Crippen molar-refractivity contribution < 1.29 is 4.79 Å². The van der Waals surface area contributed by atoms with Crippen LogP contribution in [-0.4, -0.2) is 31.5 Å². The number of rotatable bonds is 4. The van der Waals surface area contributed by atoms with Gasteiger partial charge in [-0.25, -0.2) is 9.50 Å². The van der Waals surface area contributed by atoms with Gasteiger partial charge in [0, 0.05) is 23.9 Å². The van der Waals surface area contributed by atoms with Crippen molar-refractivity contribution in [1.82, 2.24) is 24.9 Å². The van der Waals surface area contributed by atoms with Crippen LogP contribution in [0.25, 0.3) is 5.78 Å². The molecule has 1 saturated carbocycles. The summed E-state index contributed by atoms with van der Waals surface area (Å²) in [6, 6.07) is 0.364. The fourth-order valence-electron chi connectivity index (χ4n) is 3.48. The van der Waals surface area contributed by atoms with Crippen LogP contribution < -0.4 is 5.32 Å². The zero-order valence-corrected chi connectivity index (χ0v) is 14.0. The van der Waals surface area contributed by atoms with Crippen LogP contribution in [0.4, 0.5) is 0 Å². The maximum absolute atomic E-state index is 12.3. The third kappa shape index (κ3) is 3.68. The topological polar surface area (TPSA) is 72.2 Å². The predicted octanol–water partition coefficient (Wildman–Crippen LogP) is 2.51. The second kappa shape index (κ2) is 7.06. The van der Waals surface area contributed by atoms with Crippen molar-refractivity contribution in [3.05, 3.63) is 23.3 Å². The van der Waals surface area contributed by atoms with Crippen molar-refractivity contribution in [2.45, 2.75) is 71.3 Å². The van der Waals surface area contributed by atoms with Gasteiger partial charge in [-0.1, -0.05) is 25.7 Å². The van der Waals surface area contributed by atoms with E-state index in [1.54, 1.807) is 4.52 Å². The predicted molar refractivity (Wildman–Crippen MR) is 88.2 cm³/mol. The van der Waals surface area contributed by atoms with Crippen molar-refractivity contribution in [2.75, 3.05) is 0 Å². The number of nitrogens with zero attached hydrogens (tertiary/aromatic N) is 4. The van der Waals surface area contributed by atoms with Crippen LogP contribution in [0.15, 0.2) is 6.33 Å². The van der Waals surface area contributed by atoms with Crippen LogP contribution >= 0.6 is 0 Å². The number of hydrogen-bond donors (Lipinski definition) is 1. The van der Waals surface area contributed by atoms with Gasteiger partial charge in [0.2, 0.25) is 5.91 Å². The molecule has 0 radical (unpaired) electrons. The zero-order valence-electron chi connectivity index (χ0n) is 14.0. The molecule has 6 nitrogen and oxygen atoms in total. The molecule has 23 heavy (non-hydrogen) atoms. The Morgan fingerprint density at radius 2 is 2.00 bits per heavy atom. The maximum atomic E-state index is 12.3. The summed E-state index contributed by atoms with van der Waals surface area (Å²) >= 11 is 0. The molecule has 0 unspecified atom stereocenters. The van der Waals surface area contributed by atoms with Gasteiger partial charge in [0.1, 0.15) is 6.33 Å². The summed E-state index contributed by atoms with van der Waals surface area (Å²) in [7, 11) is 0. The Balaban J connectivity index is 1.62. The van der Waals surface area contributed by atoms with E-state index in [0.29, 0.717) is 24.7 Å². The fraction of sp³-hybridized carbons (Fsp3) is 0.647. The SMILES string of the molecule is Cc1nc2ncnn2c(C)c1CCC(=O)NC1CCCCCC1. The lowest BCUT2D eigenvalue weighted by molar-refractivity contribution is -0.121. The van der Waals surface area contributed by atoms with Crippen molar-refractivity contribution >= 4 is 11.7 Å². The molecule has 6 heteroatoms. The number of fused-ring (bicyclic) bond motifs is 1. The lowest BCUT2D eigenvalue weighted by Gasteiger charge is -2.16. The lowest BCUT2D eigenvalue weighted by Crippen LogP contribution is -2.34. The third-order valence-corrected chi connectivity index (χ3v) is 4.81. The summed E-state index contributed by atoms with van der Waals surface area (Å²) in [4.78, 5) is 20.9. The monoisotopic (exact) mass is 315 g/mol.